The van der Waals surface area contributed by atoms with Crippen LogP contribution in [0, 0.1) is 6.92 Å². The van der Waals surface area contributed by atoms with Crippen molar-refractivity contribution in [1.82, 2.24) is 4.90 Å². The van der Waals surface area contributed by atoms with E-state index in [9.17, 15) is 0 Å². The molecule has 1 amide bonds. The van der Waals surface area contributed by atoms with Gasteiger partial charge in [-0.25, -0.2) is 0 Å². The summed E-state index contributed by atoms with van der Waals surface area (Å²) in [5, 5.41) is 85.6. The number of carbonyl (C=O) groups excluding carboxylic acids is 1. The van der Waals surface area contributed by atoms with Gasteiger partial charge in [-0.2, -0.15) is 0 Å². The van der Waals surface area contributed by atoms with E-state index >= 15 is 4.79 Å². The average molecular weight is 944 g/mol. The van der Waals surface area contributed by atoms with Gasteiger partial charge in [0.2, 0.25) is 0 Å². The van der Waals surface area contributed by atoms with Gasteiger partial charge in [-0.15, -0.1) is 0 Å². The fourth-order valence-electron chi connectivity index (χ4n) is 26.6. The lowest BCUT2D eigenvalue weighted by molar-refractivity contribution is 0.0347. The minimum Gasteiger partial charge on any atom is -0.319 e. The summed E-state index contributed by atoms with van der Waals surface area (Å²) in [7, 11) is 0. The summed E-state index contributed by atoms with van der Waals surface area (Å²) < 4.78 is 0. The fourth-order valence-corrected chi connectivity index (χ4v) is 26.6. The first kappa shape index (κ1) is 29.5. The third kappa shape index (κ3) is 1.65. The number of fused-ring (bicyclic) bond motifs is 1. The molecule has 0 radical (unpaired) electrons. The zero-order valence-corrected chi connectivity index (χ0v) is 39.7. The van der Waals surface area contributed by atoms with Crippen LogP contribution in [-0.2, 0) is 17.5 Å². The number of amides is 1. The SMILES string of the molecule is Cc1ccc2c(c1)C13c4c5c6c7c8c9c(c%10c%11c1c1c4c4c%12c5c5c6c6c8c8c%13c9c9c%10c%10c%11c%11c1c1c4c4c%12c%12c5c5c6c8c6c8c%13c9c9c%10c%10c%11c1c1c4c4c%12c5c6c5c8c9c%10c1c45)C73N(Cc1ccccc1)C2=O. The van der Waals surface area contributed by atoms with Crippen LogP contribution in [0.2, 0.25) is 0 Å². The van der Waals surface area contributed by atoms with E-state index in [0.717, 1.165) is 5.56 Å². The molecule has 77 heavy (non-hydrogen) atoms. The van der Waals surface area contributed by atoms with E-state index < -0.39 is 11.0 Å². The molecule has 30 aromatic carbocycles. The van der Waals surface area contributed by atoms with Crippen molar-refractivity contribution in [2.45, 2.75) is 24.4 Å². The largest absolute Gasteiger partial charge is 0.319 e. The van der Waals surface area contributed by atoms with Gasteiger partial charge in [-0.3, -0.25) is 4.79 Å². The summed E-state index contributed by atoms with van der Waals surface area (Å²) in [6.45, 7) is 2.86. The maximum Gasteiger partial charge on any atom is 0.255 e. The molecule has 30 aromatic rings. The summed E-state index contributed by atoms with van der Waals surface area (Å²) in [5.74, 6) is 0.201. The Morgan fingerprint density at radius 1 is 0.299 bits per heavy atom. The molecule has 0 aromatic heterocycles. The molecule has 2 spiro atoms. The Balaban J connectivity index is 1.12. The standard InChI is InChI=1S/C75H13NO/c1-11-7-8-13-14(9-11)74-69-61-53-43-33-25-17-15-16-19-23-21(17)29-37-31(23)41-35-27(19)28-20(16)24-22-18(15)26(25)34-40-30(22)38-32(24)42-36(28)46-45(35)57-51(41)59-49(37)55(47(53)39(29)33)63(69)65(59)71-67(57)68-58(46)52(42)60-50(38)56-48(40)54(44(34)43)62(61)70(74)64(56)66(60)72(68)75(71,74)76(73(13)77)10-12-5-3-2-4-6-12/h2-9H,10H2,1H3. The van der Waals surface area contributed by atoms with Gasteiger partial charge in [0.1, 0.15) is 5.54 Å². The minimum absolute atomic E-state index is 0.201. The van der Waals surface area contributed by atoms with Gasteiger partial charge in [-0.1, -0.05) is 48.0 Å². The summed E-state index contributed by atoms with van der Waals surface area (Å²) in [6, 6.07) is 18.3. The average Bonchev–Trinajstić information content (AvgIpc) is 3.08. The lowest BCUT2D eigenvalue weighted by Crippen LogP contribution is -2.66. The minimum atomic E-state index is -0.855. The molecule has 0 saturated heterocycles. The zero-order valence-electron chi connectivity index (χ0n) is 39.7. The van der Waals surface area contributed by atoms with Gasteiger partial charge in [0, 0.05) is 23.2 Å². The Morgan fingerprint density at radius 2 is 0.545 bits per heavy atom. The highest BCUT2D eigenvalue weighted by molar-refractivity contribution is 6.82. The normalized spacial score (nSPS) is 21.5. The Labute approximate surface area is 421 Å². The van der Waals surface area contributed by atoms with E-state index in [-0.39, 0.29) is 5.91 Å². The fraction of sp³-hybridized carbons (Fsp3) is 0.0533. The second kappa shape index (κ2) is 6.86. The van der Waals surface area contributed by atoms with Crippen LogP contribution in [0.3, 0.4) is 0 Å². The van der Waals surface area contributed by atoms with Crippen LogP contribution >= 0.6 is 0 Å². The molecule has 1 heterocycles. The highest BCUT2D eigenvalue weighted by Crippen LogP contribution is 2.86. The number of rotatable bonds is 2. The molecule has 324 valence electrons. The van der Waals surface area contributed by atoms with Crippen LogP contribution in [-0.4, -0.2) is 10.8 Å². The van der Waals surface area contributed by atoms with Crippen molar-refractivity contribution in [2.24, 2.45) is 0 Å². The van der Waals surface area contributed by atoms with Gasteiger partial charge >= 0.3 is 0 Å². The molecule has 1 aliphatic heterocycles. The Kier molecular flexibility index (Phi) is 2.62. The van der Waals surface area contributed by atoms with E-state index in [1.807, 2.05) is 0 Å². The quantitative estimate of drug-likeness (QED) is 0.158. The van der Waals surface area contributed by atoms with Crippen molar-refractivity contribution in [3.8, 4) is 0 Å². The van der Waals surface area contributed by atoms with Crippen LogP contribution in [0.1, 0.15) is 49.3 Å². The highest BCUT2D eigenvalue weighted by atomic mass is 16.2. The Bertz CT molecular complexity index is 7730. The zero-order chi connectivity index (χ0) is 46.3. The number of nitrogens with zero attached hydrogens (tertiary/aromatic N) is 1. The van der Waals surface area contributed by atoms with Crippen molar-refractivity contribution in [3.63, 3.8) is 0 Å². The number of carbonyl (C=O) groups is 1. The van der Waals surface area contributed by atoms with Gasteiger partial charge in [0.15, 0.2) is 0 Å². The topological polar surface area (TPSA) is 20.3 Å². The highest BCUT2D eigenvalue weighted by Gasteiger charge is 2.75. The second-order valence-corrected chi connectivity index (χ2v) is 27.6. The van der Waals surface area contributed by atoms with E-state index in [2.05, 4.69) is 60.4 Å². The van der Waals surface area contributed by atoms with Gasteiger partial charge in [-0.05, 0) is 326 Å². The molecular weight excluding hydrogens is 931 g/mol. The third-order valence-electron chi connectivity index (χ3n) is 26.9. The lowest BCUT2D eigenvalue weighted by atomic mass is 9.47. The Morgan fingerprint density at radius 3 is 0.818 bits per heavy atom. The molecule has 0 fully saturated rings. The summed E-state index contributed by atoms with van der Waals surface area (Å²) >= 11 is 0. The molecule has 35 rings (SSSR count). The smallest absolute Gasteiger partial charge is 0.255 e. The molecule has 0 atom stereocenters. The summed E-state index contributed by atoms with van der Waals surface area (Å²) in [4.78, 5) is 19.8. The number of benzene rings is 20. The predicted octanol–water partition coefficient (Wildman–Crippen LogP) is 19.3. The molecule has 0 N–H and O–H groups in total. The number of aryl methyl sites for hydroxylation is 1. The van der Waals surface area contributed by atoms with Gasteiger partial charge < -0.3 is 4.90 Å². The van der Waals surface area contributed by atoms with Crippen LogP contribution in [0.15, 0.2) is 48.5 Å². The van der Waals surface area contributed by atoms with Crippen molar-refractivity contribution < 1.29 is 4.79 Å². The summed E-state index contributed by atoms with van der Waals surface area (Å²) in [6.07, 6.45) is 0. The first-order valence-corrected chi connectivity index (χ1v) is 28.5. The lowest BCUT2D eigenvalue weighted by Gasteiger charge is -2.61. The molecule has 4 aliphatic carbocycles. The predicted molar refractivity (Wildman–Crippen MR) is 320 cm³/mol. The van der Waals surface area contributed by atoms with Crippen LogP contribution < -0.4 is 0 Å². The van der Waals surface area contributed by atoms with Crippen LogP contribution in [0.25, 0.3) is 291 Å². The molecule has 0 bridgehead atoms. The van der Waals surface area contributed by atoms with Crippen molar-refractivity contribution in [2.75, 3.05) is 0 Å². The van der Waals surface area contributed by atoms with Gasteiger partial charge in [0.25, 0.3) is 5.91 Å². The Hall–Kier alpha value is -9.63. The van der Waals surface area contributed by atoms with E-state index in [0.29, 0.717) is 6.54 Å². The summed E-state index contributed by atoms with van der Waals surface area (Å²) in [5.41, 5.74) is 9.25. The third-order valence-corrected chi connectivity index (χ3v) is 26.9. The number of hydrogen-bond donors (Lipinski definition) is 0. The monoisotopic (exact) mass is 943 g/mol. The molecule has 2 heteroatoms. The number of hydrogen-bond acceptors (Lipinski definition) is 1. The van der Waals surface area contributed by atoms with E-state index in [1.165, 1.54) is 49.4 Å². The van der Waals surface area contributed by atoms with Crippen molar-refractivity contribution >= 4 is 297 Å². The maximum atomic E-state index is 17.2. The van der Waals surface area contributed by atoms with Crippen molar-refractivity contribution in [3.05, 3.63) is 93.0 Å². The van der Waals surface area contributed by atoms with E-state index in [1.54, 1.807) is 280 Å². The molecule has 0 saturated carbocycles. The van der Waals surface area contributed by atoms with Crippen LogP contribution in [0.4, 0.5) is 0 Å². The van der Waals surface area contributed by atoms with E-state index in [4.69, 9.17) is 0 Å². The maximum absolute atomic E-state index is 17.2. The molecule has 5 aliphatic rings. The molecular formula is C75H13NO. The molecule has 0 unspecified atom stereocenters. The van der Waals surface area contributed by atoms with Gasteiger partial charge in [0.05, 0.1) is 5.41 Å². The molecule has 2 nitrogen and oxygen atoms in total. The first-order chi connectivity index (χ1) is 38.2. The van der Waals surface area contributed by atoms with Crippen LogP contribution in [0.5, 0.6) is 0 Å². The second-order valence-electron chi connectivity index (χ2n) is 27.6. The van der Waals surface area contributed by atoms with Crippen molar-refractivity contribution in [1.29, 1.82) is 0 Å². The first-order valence-electron chi connectivity index (χ1n) is 28.5.